The van der Waals surface area contributed by atoms with Crippen LogP contribution in [0.15, 0.2) is 18.3 Å². The highest BCUT2D eigenvalue weighted by molar-refractivity contribution is 6.29. The molecule has 1 aromatic heterocycles. The fourth-order valence-electron chi connectivity index (χ4n) is 3.20. The number of hydrogen-bond donors (Lipinski definition) is 1. The molecule has 1 N–H and O–H groups in total. The second kappa shape index (κ2) is 3.74. The molecule has 16 heavy (non-hydrogen) atoms. The molecule has 2 aliphatic rings. The molecule has 2 saturated heterocycles. The Labute approximate surface area is 99.9 Å². The molecular formula is C12H14ClN3. The molecule has 0 aromatic carbocycles. The van der Waals surface area contributed by atoms with E-state index in [1.807, 2.05) is 12.3 Å². The van der Waals surface area contributed by atoms with Gasteiger partial charge in [-0.2, -0.15) is 0 Å². The number of aromatic nitrogens is 1. The van der Waals surface area contributed by atoms with Crippen molar-refractivity contribution in [2.24, 2.45) is 0 Å². The standard InChI is InChI=1S/C12H14ClN3/c13-12-4-1-8(6-15-12)10-5-9-2-3-11(10)16(9)7-14/h1,4,6-7,9-11,14H,2-3,5H2. The Morgan fingerprint density at radius 2 is 2.31 bits per heavy atom. The summed E-state index contributed by atoms with van der Waals surface area (Å²) in [7, 11) is 0. The monoisotopic (exact) mass is 235 g/mol. The number of halogens is 1. The summed E-state index contributed by atoms with van der Waals surface area (Å²) in [6.45, 7) is 0. The van der Waals surface area contributed by atoms with Crippen molar-refractivity contribution in [3.8, 4) is 0 Å². The van der Waals surface area contributed by atoms with Gasteiger partial charge in [0, 0.05) is 24.2 Å². The van der Waals surface area contributed by atoms with Crippen LogP contribution in [0.5, 0.6) is 0 Å². The SMILES string of the molecule is N=CN1C2CCC1C(c1ccc(Cl)nc1)C2. The summed E-state index contributed by atoms with van der Waals surface area (Å²) >= 11 is 5.80. The Balaban J connectivity index is 1.87. The lowest BCUT2D eigenvalue weighted by Gasteiger charge is -2.22. The molecule has 0 aliphatic carbocycles. The van der Waals surface area contributed by atoms with Gasteiger partial charge in [-0.05, 0) is 30.9 Å². The van der Waals surface area contributed by atoms with Gasteiger partial charge in [-0.3, -0.25) is 5.41 Å². The summed E-state index contributed by atoms with van der Waals surface area (Å²) in [5, 5.41) is 8.00. The predicted molar refractivity (Wildman–Crippen MR) is 64.0 cm³/mol. The second-order valence-electron chi connectivity index (χ2n) is 4.63. The van der Waals surface area contributed by atoms with Gasteiger partial charge in [-0.15, -0.1) is 0 Å². The van der Waals surface area contributed by atoms with E-state index >= 15 is 0 Å². The van der Waals surface area contributed by atoms with Gasteiger partial charge in [-0.1, -0.05) is 17.7 Å². The van der Waals surface area contributed by atoms with Crippen LogP contribution in [0.4, 0.5) is 0 Å². The van der Waals surface area contributed by atoms with Gasteiger partial charge >= 0.3 is 0 Å². The van der Waals surface area contributed by atoms with Gasteiger partial charge in [0.25, 0.3) is 0 Å². The maximum atomic E-state index is 7.45. The topological polar surface area (TPSA) is 40.0 Å². The van der Waals surface area contributed by atoms with Crippen LogP contribution in [0, 0.1) is 5.41 Å². The zero-order chi connectivity index (χ0) is 11.1. The lowest BCUT2D eigenvalue weighted by atomic mass is 9.85. The zero-order valence-electron chi connectivity index (χ0n) is 8.94. The average Bonchev–Trinajstić information content (AvgIpc) is 2.86. The number of fused-ring (bicyclic) bond motifs is 2. The van der Waals surface area contributed by atoms with Crippen LogP contribution >= 0.6 is 11.6 Å². The number of nitrogens with zero attached hydrogens (tertiary/aromatic N) is 2. The van der Waals surface area contributed by atoms with Crippen LogP contribution in [0.25, 0.3) is 0 Å². The Morgan fingerprint density at radius 1 is 1.44 bits per heavy atom. The van der Waals surface area contributed by atoms with Gasteiger partial charge < -0.3 is 4.90 Å². The van der Waals surface area contributed by atoms with E-state index in [0.717, 1.165) is 6.42 Å². The second-order valence-corrected chi connectivity index (χ2v) is 5.02. The van der Waals surface area contributed by atoms with E-state index in [1.165, 1.54) is 24.7 Å². The van der Waals surface area contributed by atoms with E-state index < -0.39 is 0 Å². The summed E-state index contributed by atoms with van der Waals surface area (Å²) < 4.78 is 0. The third-order valence-electron chi connectivity index (χ3n) is 3.92. The molecule has 84 valence electrons. The van der Waals surface area contributed by atoms with Crippen LogP contribution < -0.4 is 0 Å². The van der Waals surface area contributed by atoms with Crippen LogP contribution in [-0.4, -0.2) is 28.3 Å². The molecule has 0 amide bonds. The third-order valence-corrected chi connectivity index (χ3v) is 4.14. The van der Waals surface area contributed by atoms with Crippen molar-refractivity contribution in [2.75, 3.05) is 0 Å². The van der Waals surface area contributed by atoms with Crippen LogP contribution in [-0.2, 0) is 0 Å². The number of nitrogens with one attached hydrogen (secondary N) is 1. The minimum absolute atomic E-state index is 0.505. The summed E-state index contributed by atoms with van der Waals surface area (Å²) in [5.74, 6) is 0.533. The molecule has 3 rings (SSSR count). The van der Waals surface area contributed by atoms with Gasteiger partial charge in [0.05, 0.1) is 6.34 Å². The molecule has 0 saturated carbocycles. The average molecular weight is 236 g/mol. The molecule has 0 radical (unpaired) electrons. The van der Waals surface area contributed by atoms with Gasteiger partial charge in [0.15, 0.2) is 0 Å². The maximum absolute atomic E-state index is 7.45. The van der Waals surface area contributed by atoms with Crippen molar-refractivity contribution < 1.29 is 0 Å². The molecule has 0 spiro atoms. The molecule has 3 nitrogen and oxygen atoms in total. The lowest BCUT2D eigenvalue weighted by molar-refractivity contribution is 0.400. The molecule has 1 aromatic rings. The quantitative estimate of drug-likeness (QED) is 0.486. The predicted octanol–water partition coefficient (Wildman–Crippen LogP) is 2.66. The molecule has 3 atom stereocenters. The van der Waals surface area contributed by atoms with E-state index in [1.54, 1.807) is 0 Å². The summed E-state index contributed by atoms with van der Waals surface area (Å²) in [6, 6.07) is 5.01. The highest BCUT2D eigenvalue weighted by atomic mass is 35.5. The summed E-state index contributed by atoms with van der Waals surface area (Å²) in [4.78, 5) is 6.36. The highest BCUT2D eigenvalue weighted by Crippen LogP contribution is 2.45. The largest absolute Gasteiger partial charge is 0.357 e. The maximum Gasteiger partial charge on any atom is 0.129 e. The highest BCUT2D eigenvalue weighted by Gasteiger charge is 2.45. The summed E-state index contributed by atoms with van der Waals surface area (Å²) in [5.41, 5.74) is 1.27. The number of hydrogen-bond acceptors (Lipinski definition) is 2. The molecular weight excluding hydrogens is 222 g/mol. The Morgan fingerprint density at radius 3 is 2.94 bits per heavy atom. The van der Waals surface area contributed by atoms with Crippen molar-refractivity contribution in [3.63, 3.8) is 0 Å². The lowest BCUT2D eigenvalue weighted by Crippen LogP contribution is -2.27. The Bertz CT molecular complexity index is 403. The van der Waals surface area contributed by atoms with E-state index in [9.17, 15) is 0 Å². The minimum Gasteiger partial charge on any atom is -0.357 e. The van der Waals surface area contributed by atoms with Crippen molar-refractivity contribution in [2.45, 2.75) is 37.3 Å². The van der Waals surface area contributed by atoms with Gasteiger partial charge in [0.2, 0.25) is 0 Å². The zero-order valence-corrected chi connectivity index (χ0v) is 9.69. The first-order chi connectivity index (χ1) is 7.79. The van der Waals surface area contributed by atoms with E-state index in [4.69, 9.17) is 17.0 Å². The minimum atomic E-state index is 0.505. The Kier molecular flexibility index (Phi) is 2.36. The van der Waals surface area contributed by atoms with Crippen molar-refractivity contribution in [1.82, 2.24) is 9.88 Å². The molecule has 3 unspecified atom stereocenters. The molecule has 2 bridgehead atoms. The van der Waals surface area contributed by atoms with Gasteiger partial charge in [0.1, 0.15) is 5.15 Å². The smallest absolute Gasteiger partial charge is 0.129 e. The fraction of sp³-hybridized carbons (Fsp3) is 0.500. The van der Waals surface area contributed by atoms with Gasteiger partial charge in [-0.25, -0.2) is 4.98 Å². The van der Waals surface area contributed by atoms with Crippen LogP contribution in [0.1, 0.15) is 30.7 Å². The van der Waals surface area contributed by atoms with Crippen LogP contribution in [0.3, 0.4) is 0 Å². The van der Waals surface area contributed by atoms with E-state index in [2.05, 4.69) is 16.0 Å². The molecule has 3 heterocycles. The number of rotatable bonds is 2. The molecule has 4 heteroatoms. The van der Waals surface area contributed by atoms with Crippen LogP contribution in [0.2, 0.25) is 5.15 Å². The first-order valence-corrected chi connectivity index (χ1v) is 6.07. The fourth-order valence-corrected chi connectivity index (χ4v) is 3.31. The third kappa shape index (κ3) is 1.42. The Hall–Kier alpha value is -1.09. The first-order valence-electron chi connectivity index (χ1n) is 5.69. The first kappa shape index (κ1) is 10.1. The van der Waals surface area contributed by atoms with Crippen molar-refractivity contribution >= 4 is 17.9 Å². The number of pyridine rings is 1. The van der Waals surface area contributed by atoms with E-state index in [-0.39, 0.29) is 0 Å². The normalized spacial score (nSPS) is 32.1. The van der Waals surface area contributed by atoms with Crippen molar-refractivity contribution in [3.05, 3.63) is 29.0 Å². The van der Waals surface area contributed by atoms with E-state index in [0.29, 0.717) is 23.2 Å². The summed E-state index contributed by atoms with van der Waals surface area (Å²) in [6.07, 6.45) is 6.98. The molecule has 2 fully saturated rings. The van der Waals surface area contributed by atoms with Crippen molar-refractivity contribution in [1.29, 1.82) is 5.41 Å². The molecule has 2 aliphatic heterocycles.